The maximum Gasteiger partial charge on any atom is 0.324 e. The van der Waals surface area contributed by atoms with Gasteiger partial charge in [-0.25, -0.2) is 4.79 Å². The van der Waals surface area contributed by atoms with E-state index in [9.17, 15) is 19.8 Å². The third kappa shape index (κ3) is 3.33. The number of benzene rings is 1. The second-order valence-electron chi connectivity index (χ2n) is 5.49. The van der Waals surface area contributed by atoms with E-state index in [1.807, 2.05) is 24.3 Å². The van der Waals surface area contributed by atoms with Gasteiger partial charge in [0.25, 0.3) is 0 Å². The van der Waals surface area contributed by atoms with E-state index in [0.717, 1.165) is 11.3 Å². The highest BCUT2D eigenvalue weighted by molar-refractivity contribution is 5.94. The summed E-state index contributed by atoms with van der Waals surface area (Å²) in [6.45, 7) is 1.96. The van der Waals surface area contributed by atoms with Gasteiger partial charge in [0.05, 0.1) is 12.0 Å². The van der Waals surface area contributed by atoms with Crippen molar-refractivity contribution in [1.82, 2.24) is 4.90 Å². The predicted molar refractivity (Wildman–Crippen MR) is 78.3 cm³/mol. The van der Waals surface area contributed by atoms with Gasteiger partial charge in [0.1, 0.15) is 0 Å². The van der Waals surface area contributed by atoms with Crippen LogP contribution in [0.5, 0.6) is 0 Å². The number of likely N-dealkylation sites (N-methyl/N-ethyl adjacent to an activating group) is 1. The molecule has 1 aliphatic heterocycles. The Labute approximate surface area is 123 Å². The van der Waals surface area contributed by atoms with Crippen molar-refractivity contribution < 1.29 is 19.8 Å². The normalized spacial score (nSPS) is 18.8. The fourth-order valence-electron chi connectivity index (χ4n) is 2.62. The summed E-state index contributed by atoms with van der Waals surface area (Å²) in [7, 11) is 1.60. The summed E-state index contributed by atoms with van der Waals surface area (Å²) >= 11 is 0. The Kier molecular flexibility index (Phi) is 4.47. The quantitative estimate of drug-likeness (QED) is 0.876. The number of hydrogen-bond acceptors (Lipinski definition) is 3. The molecule has 0 saturated carbocycles. The van der Waals surface area contributed by atoms with Gasteiger partial charge in [0.15, 0.2) is 0 Å². The number of fused-ring (bicyclic) bond motifs is 1. The van der Waals surface area contributed by atoms with Crippen molar-refractivity contribution >= 4 is 17.7 Å². The molecule has 2 atom stereocenters. The first-order valence-corrected chi connectivity index (χ1v) is 6.91. The Balaban J connectivity index is 2.28. The van der Waals surface area contributed by atoms with E-state index in [1.54, 1.807) is 14.0 Å². The zero-order chi connectivity index (χ0) is 15.6. The molecule has 2 unspecified atom stereocenters. The number of rotatable bonds is 3. The van der Waals surface area contributed by atoms with Crippen molar-refractivity contribution in [2.45, 2.75) is 19.4 Å². The van der Waals surface area contributed by atoms with Crippen molar-refractivity contribution in [3.63, 3.8) is 0 Å². The van der Waals surface area contributed by atoms with Gasteiger partial charge in [0.2, 0.25) is 0 Å². The number of carboxylic acid groups (broad SMARTS) is 1. The average Bonchev–Trinajstić information content (AvgIpc) is 2.44. The van der Waals surface area contributed by atoms with Crippen LogP contribution in [0.15, 0.2) is 24.3 Å². The molecular formula is C15H20N2O4. The second kappa shape index (κ2) is 6.13. The van der Waals surface area contributed by atoms with E-state index in [4.69, 9.17) is 0 Å². The van der Waals surface area contributed by atoms with Crippen molar-refractivity contribution in [1.29, 1.82) is 0 Å². The molecule has 0 spiro atoms. The fraction of sp³-hybridized carbons (Fsp3) is 0.467. The molecular weight excluding hydrogens is 272 g/mol. The lowest BCUT2D eigenvalue weighted by molar-refractivity contribution is -0.141. The number of carbonyl (C=O) groups is 2. The van der Waals surface area contributed by atoms with Crippen LogP contribution in [0.3, 0.4) is 0 Å². The fourth-order valence-corrected chi connectivity index (χ4v) is 2.62. The van der Waals surface area contributed by atoms with Crippen LogP contribution < -0.4 is 4.90 Å². The van der Waals surface area contributed by atoms with Gasteiger partial charge in [-0.1, -0.05) is 18.2 Å². The molecule has 6 heteroatoms. The Morgan fingerprint density at radius 3 is 2.71 bits per heavy atom. The van der Waals surface area contributed by atoms with Crippen LogP contribution in [0, 0.1) is 5.92 Å². The molecule has 2 amide bonds. The standard InChI is InChI=1S/C15H20N2O4/c1-10(18)8-16(2)15(21)17-9-12(14(19)20)7-11-5-3-4-6-13(11)17/h3-6,10,12,18H,7-9H2,1-2H3,(H,19,20). The highest BCUT2D eigenvalue weighted by Crippen LogP contribution is 2.30. The monoisotopic (exact) mass is 292 g/mol. The SMILES string of the molecule is CC(O)CN(C)C(=O)N1CC(C(=O)O)Cc2ccccc21. The lowest BCUT2D eigenvalue weighted by Crippen LogP contribution is -2.49. The van der Waals surface area contributed by atoms with Gasteiger partial charge < -0.3 is 15.1 Å². The van der Waals surface area contributed by atoms with Crippen LogP contribution in [-0.2, 0) is 11.2 Å². The molecule has 0 aromatic heterocycles. The van der Waals surface area contributed by atoms with Crippen LogP contribution in [0.25, 0.3) is 0 Å². The lowest BCUT2D eigenvalue weighted by Gasteiger charge is -2.35. The molecule has 0 aliphatic carbocycles. The topological polar surface area (TPSA) is 81.1 Å². The van der Waals surface area contributed by atoms with E-state index in [1.165, 1.54) is 9.80 Å². The van der Waals surface area contributed by atoms with E-state index in [0.29, 0.717) is 6.42 Å². The Morgan fingerprint density at radius 2 is 2.10 bits per heavy atom. The molecule has 0 saturated heterocycles. The number of aliphatic hydroxyl groups excluding tert-OH is 1. The van der Waals surface area contributed by atoms with Gasteiger partial charge in [-0.15, -0.1) is 0 Å². The molecule has 1 aromatic rings. The van der Waals surface area contributed by atoms with Crippen molar-refractivity contribution in [3.8, 4) is 0 Å². The molecule has 114 valence electrons. The Bertz CT molecular complexity index is 544. The molecule has 1 aromatic carbocycles. The van der Waals surface area contributed by atoms with E-state index >= 15 is 0 Å². The van der Waals surface area contributed by atoms with Crippen molar-refractivity contribution in [2.24, 2.45) is 5.92 Å². The number of aliphatic hydroxyl groups is 1. The highest BCUT2D eigenvalue weighted by Gasteiger charge is 2.33. The summed E-state index contributed by atoms with van der Waals surface area (Å²) in [6.07, 6.45) is -0.204. The molecule has 1 aliphatic rings. The predicted octanol–water partition coefficient (Wildman–Crippen LogP) is 1.18. The first-order chi connectivity index (χ1) is 9.90. The number of nitrogens with zero attached hydrogens (tertiary/aromatic N) is 2. The zero-order valence-electron chi connectivity index (χ0n) is 12.2. The zero-order valence-corrected chi connectivity index (χ0v) is 12.2. The minimum Gasteiger partial charge on any atom is -0.481 e. The minimum absolute atomic E-state index is 0.148. The molecule has 2 N–H and O–H groups in total. The molecule has 21 heavy (non-hydrogen) atoms. The van der Waals surface area contributed by atoms with Crippen LogP contribution >= 0.6 is 0 Å². The number of carboxylic acids is 1. The summed E-state index contributed by atoms with van der Waals surface area (Å²) in [5, 5.41) is 18.7. The molecule has 2 rings (SSSR count). The van der Waals surface area contributed by atoms with E-state index < -0.39 is 18.0 Å². The van der Waals surface area contributed by atoms with Crippen LogP contribution in [0.4, 0.5) is 10.5 Å². The van der Waals surface area contributed by atoms with Gasteiger partial charge in [-0.05, 0) is 25.0 Å². The Morgan fingerprint density at radius 1 is 1.43 bits per heavy atom. The minimum atomic E-state index is -0.902. The first kappa shape index (κ1) is 15.3. The number of urea groups is 1. The van der Waals surface area contributed by atoms with Gasteiger partial charge >= 0.3 is 12.0 Å². The molecule has 0 fully saturated rings. The maximum atomic E-state index is 12.5. The van der Waals surface area contributed by atoms with Gasteiger partial charge in [-0.3, -0.25) is 9.69 Å². The number of anilines is 1. The van der Waals surface area contributed by atoms with Crippen LogP contribution in [0.1, 0.15) is 12.5 Å². The first-order valence-electron chi connectivity index (χ1n) is 6.91. The number of carbonyl (C=O) groups excluding carboxylic acids is 1. The molecule has 6 nitrogen and oxygen atoms in total. The summed E-state index contributed by atoms with van der Waals surface area (Å²) in [5.74, 6) is -1.51. The highest BCUT2D eigenvalue weighted by atomic mass is 16.4. The molecule has 1 heterocycles. The largest absolute Gasteiger partial charge is 0.481 e. The third-order valence-corrected chi connectivity index (χ3v) is 3.60. The molecule has 0 bridgehead atoms. The number of hydrogen-bond donors (Lipinski definition) is 2. The summed E-state index contributed by atoms with van der Waals surface area (Å²) in [5.41, 5.74) is 1.60. The van der Waals surface area contributed by atoms with Gasteiger partial charge in [0, 0.05) is 25.8 Å². The second-order valence-corrected chi connectivity index (χ2v) is 5.49. The number of aliphatic carboxylic acids is 1. The van der Waals surface area contributed by atoms with Crippen LogP contribution in [0.2, 0.25) is 0 Å². The van der Waals surface area contributed by atoms with Crippen molar-refractivity contribution in [2.75, 3.05) is 25.0 Å². The van der Waals surface area contributed by atoms with E-state index in [2.05, 4.69) is 0 Å². The van der Waals surface area contributed by atoms with Crippen LogP contribution in [-0.4, -0.2) is 53.4 Å². The number of para-hydroxylation sites is 1. The lowest BCUT2D eigenvalue weighted by atomic mass is 9.93. The Hall–Kier alpha value is -2.08. The van der Waals surface area contributed by atoms with E-state index in [-0.39, 0.29) is 19.1 Å². The number of amides is 2. The third-order valence-electron chi connectivity index (χ3n) is 3.60. The smallest absolute Gasteiger partial charge is 0.324 e. The maximum absolute atomic E-state index is 12.5. The van der Waals surface area contributed by atoms with Crippen molar-refractivity contribution in [3.05, 3.63) is 29.8 Å². The summed E-state index contributed by atoms with van der Waals surface area (Å²) < 4.78 is 0. The summed E-state index contributed by atoms with van der Waals surface area (Å²) in [4.78, 5) is 26.7. The van der Waals surface area contributed by atoms with Gasteiger partial charge in [-0.2, -0.15) is 0 Å². The molecule has 0 radical (unpaired) electrons. The summed E-state index contributed by atoms with van der Waals surface area (Å²) in [6, 6.07) is 7.04. The average molecular weight is 292 g/mol.